The Balaban J connectivity index is 2.68. The summed E-state index contributed by atoms with van der Waals surface area (Å²) in [6.07, 6.45) is 2.71. The fourth-order valence-corrected chi connectivity index (χ4v) is 1.49. The van der Waals surface area contributed by atoms with Crippen LogP contribution in [0.3, 0.4) is 0 Å². The summed E-state index contributed by atoms with van der Waals surface area (Å²) in [6.45, 7) is 0. The first-order valence-electron chi connectivity index (χ1n) is 3.98. The van der Waals surface area contributed by atoms with Crippen molar-refractivity contribution in [1.82, 2.24) is 14.8 Å². The molecular weight excluding hydrogens is 220 g/mol. The highest BCUT2D eigenvalue weighted by Crippen LogP contribution is 2.29. The first-order valence-corrected chi connectivity index (χ1v) is 4.36. The summed E-state index contributed by atoms with van der Waals surface area (Å²) in [4.78, 5) is 10.3. The van der Waals surface area contributed by atoms with Gasteiger partial charge in [0.2, 0.25) is 0 Å². The van der Waals surface area contributed by atoms with Crippen LogP contribution in [-0.2, 0) is 0 Å². The van der Waals surface area contributed by atoms with Crippen LogP contribution in [0, 0.1) is 10.1 Å². The zero-order chi connectivity index (χ0) is 10.8. The molecule has 1 aromatic carbocycles. The van der Waals surface area contributed by atoms with Crippen molar-refractivity contribution in [3.63, 3.8) is 0 Å². The van der Waals surface area contributed by atoms with E-state index in [9.17, 15) is 10.1 Å². The molecule has 2 rings (SSSR count). The minimum Gasteiger partial charge on any atom is -0.280 e. The molecule has 0 aliphatic heterocycles. The average Bonchev–Trinajstić information content (AvgIpc) is 2.70. The predicted octanol–water partition coefficient (Wildman–Crippen LogP) is 1.83. The maximum Gasteiger partial charge on any atom is 0.294 e. The molecule has 1 heterocycles. The predicted molar refractivity (Wildman–Crippen MR) is 53.0 cm³/mol. The highest BCUT2D eigenvalue weighted by molar-refractivity contribution is 6.32. The minimum atomic E-state index is -0.499. The van der Waals surface area contributed by atoms with Crippen molar-refractivity contribution in [2.75, 3.05) is 0 Å². The number of para-hydroxylation sites is 1. The molecule has 1 aromatic heterocycles. The lowest BCUT2D eigenvalue weighted by molar-refractivity contribution is -0.384. The maximum atomic E-state index is 10.8. The molecule has 0 bridgehead atoms. The summed E-state index contributed by atoms with van der Waals surface area (Å²) < 4.78 is 1.40. The van der Waals surface area contributed by atoms with Gasteiger partial charge in [0.05, 0.1) is 9.95 Å². The molecule has 2 aromatic rings. The molecule has 7 heteroatoms. The molecule has 0 radical (unpaired) electrons. The van der Waals surface area contributed by atoms with E-state index >= 15 is 0 Å². The summed E-state index contributed by atoms with van der Waals surface area (Å²) in [5, 5.41) is 18.2. The van der Waals surface area contributed by atoms with Crippen molar-refractivity contribution < 1.29 is 4.92 Å². The van der Waals surface area contributed by atoms with Gasteiger partial charge in [-0.05, 0) is 6.07 Å². The Hall–Kier alpha value is -1.95. The molecule has 0 spiro atoms. The molecule has 0 saturated carbocycles. The molecule has 0 N–H and O–H groups in total. The van der Waals surface area contributed by atoms with Crippen LogP contribution in [0.1, 0.15) is 0 Å². The molecule has 76 valence electrons. The largest absolute Gasteiger partial charge is 0.294 e. The van der Waals surface area contributed by atoms with Gasteiger partial charge >= 0.3 is 0 Å². The fourth-order valence-electron chi connectivity index (χ4n) is 1.22. The van der Waals surface area contributed by atoms with Gasteiger partial charge in [0.1, 0.15) is 18.3 Å². The van der Waals surface area contributed by atoms with Crippen molar-refractivity contribution in [3.8, 4) is 5.69 Å². The minimum absolute atomic E-state index is 0.0812. The number of nitro benzene ring substituents is 1. The van der Waals surface area contributed by atoms with E-state index in [1.54, 1.807) is 6.07 Å². The number of benzene rings is 1. The summed E-state index contributed by atoms with van der Waals surface area (Å²) >= 11 is 5.88. The molecule has 0 aliphatic rings. The van der Waals surface area contributed by atoms with E-state index in [0.29, 0.717) is 0 Å². The zero-order valence-electron chi connectivity index (χ0n) is 7.37. The Morgan fingerprint density at radius 1 is 1.33 bits per heavy atom. The highest BCUT2D eigenvalue weighted by Gasteiger charge is 2.17. The van der Waals surface area contributed by atoms with Crippen LogP contribution in [-0.4, -0.2) is 19.7 Å². The second-order valence-electron chi connectivity index (χ2n) is 2.73. The lowest BCUT2D eigenvalue weighted by Gasteiger charge is -2.04. The molecule has 0 fully saturated rings. The van der Waals surface area contributed by atoms with E-state index in [-0.39, 0.29) is 16.4 Å². The molecule has 0 aliphatic carbocycles. The Morgan fingerprint density at radius 3 is 2.60 bits per heavy atom. The first kappa shape index (κ1) is 9.60. The number of nitro groups is 1. The fraction of sp³-hybridized carbons (Fsp3) is 0. The maximum absolute atomic E-state index is 10.8. The third-order valence-electron chi connectivity index (χ3n) is 1.84. The lowest BCUT2D eigenvalue weighted by atomic mass is 10.2. The van der Waals surface area contributed by atoms with Crippen molar-refractivity contribution in [2.45, 2.75) is 0 Å². The topological polar surface area (TPSA) is 73.8 Å². The Labute approximate surface area is 89.3 Å². The van der Waals surface area contributed by atoms with Gasteiger partial charge in [-0.1, -0.05) is 17.7 Å². The van der Waals surface area contributed by atoms with E-state index < -0.39 is 4.92 Å². The Bertz CT molecular complexity index is 497. The summed E-state index contributed by atoms with van der Waals surface area (Å²) in [7, 11) is 0. The summed E-state index contributed by atoms with van der Waals surface area (Å²) in [6, 6.07) is 4.47. The van der Waals surface area contributed by atoms with E-state index in [1.165, 1.54) is 29.4 Å². The van der Waals surface area contributed by atoms with Gasteiger partial charge in [0.25, 0.3) is 5.69 Å². The Kier molecular flexibility index (Phi) is 2.34. The van der Waals surface area contributed by atoms with Crippen LogP contribution in [0.4, 0.5) is 5.69 Å². The number of halogens is 1. The molecule has 0 atom stereocenters. The number of nitrogens with zero attached hydrogens (tertiary/aromatic N) is 4. The van der Waals surface area contributed by atoms with Gasteiger partial charge in [0.15, 0.2) is 0 Å². The second kappa shape index (κ2) is 3.66. The molecule has 0 amide bonds. The first-order chi connectivity index (χ1) is 7.20. The van der Waals surface area contributed by atoms with E-state index in [4.69, 9.17) is 11.6 Å². The van der Waals surface area contributed by atoms with Crippen molar-refractivity contribution in [2.24, 2.45) is 0 Å². The van der Waals surface area contributed by atoms with Crippen molar-refractivity contribution in [1.29, 1.82) is 0 Å². The highest BCUT2D eigenvalue weighted by atomic mass is 35.5. The van der Waals surface area contributed by atoms with Gasteiger partial charge < -0.3 is 0 Å². The summed E-state index contributed by atoms with van der Waals surface area (Å²) in [5.74, 6) is 0. The van der Waals surface area contributed by atoms with E-state index in [2.05, 4.69) is 10.2 Å². The van der Waals surface area contributed by atoms with Crippen LogP contribution in [0.2, 0.25) is 5.02 Å². The SMILES string of the molecule is O=[N+]([O-])c1cccc(Cl)c1-n1cnnc1. The van der Waals surface area contributed by atoms with Gasteiger partial charge in [-0.3, -0.25) is 14.7 Å². The van der Waals surface area contributed by atoms with Crippen LogP contribution >= 0.6 is 11.6 Å². The normalized spacial score (nSPS) is 10.2. The van der Waals surface area contributed by atoms with Gasteiger partial charge in [-0.25, -0.2) is 0 Å². The third kappa shape index (κ3) is 1.66. The molecule has 0 unspecified atom stereocenters. The third-order valence-corrected chi connectivity index (χ3v) is 2.14. The van der Waals surface area contributed by atoms with Gasteiger partial charge in [-0.2, -0.15) is 0 Å². The standard InChI is InChI=1S/C8H5ClN4O2/c9-6-2-1-3-7(13(14)15)8(6)12-4-10-11-5-12/h1-5H. The monoisotopic (exact) mass is 224 g/mol. The van der Waals surface area contributed by atoms with Crippen LogP contribution in [0.15, 0.2) is 30.9 Å². The second-order valence-corrected chi connectivity index (χ2v) is 3.14. The van der Waals surface area contributed by atoms with E-state index in [1.807, 2.05) is 0 Å². The van der Waals surface area contributed by atoms with Gasteiger partial charge in [-0.15, -0.1) is 10.2 Å². The van der Waals surface area contributed by atoms with Crippen LogP contribution in [0.5, 0.6) is 0 Å². The van der Waals surface area contributed by atoms with Crippen molar-refractivity contribution >= 4 is 17.3 Å². The average molecular weight is 225 g/mol. The molecule has 0 saturated heterocycles. The van der Waals surface area contributed by atoms with Gasteiger partial charge in [0, 0.05) is 6.07 Å². The smallest absolute Gasteiger partial charge is 0.280 e. The number of hydrogen-bond donors (Lipinski definition) is 0. The van der Waals surface area contributed by atoms with Crippen molar-refractivity contribution in [3.05, 3.63) is 46.0 Å². The molecule has 6 nitrogen and oxygen atoms in total. The lowest BCUT2D eigenvalue weighted by Crippen LogP contribution is -1.98. The summed E-state index contributed by atoms with van der Waals surface area (Å²) in [5.41, 5.74) is 0.191. The molecular formula is C8H5ClN4O2. The van der Waals surface area contributed by atoms with Crippen LogP contribution < -0.4 is 0 Å². The molecule has 15 heavy (non-hydrogen) atoms. The Morgan fingerprint density at radius 2 is 2.00 bits per heavy atom. The number of aromatic nitrogens is 3. The zero-order valence-corrected chi connectivity index (χ0v) is 8.13. The number of rotatable bonds is 2. The van der Waals surface area contributed by atoms with E-state index in [0.717, 1.165) is 0 Å². The van der Waals surface area contributed by atoms with Crippen LogP contribution in [0.25, 0.3) is 5.69 Å². The quantitative estimate of drug-likeness (QED) is 0.576. The number of hydrogen-bond acceptors (Lipinski definition) is 4.